The second-order valence-electron chi connectivity index (χ2n) is 5.43. The molecule has 0 radical (unpaired) electrons. The van der Waals surface area contributed by atoms with Gasteiger partial charge in [0.15, 0.2) is 5.96 Å². The number of thiophene rings is 1. The predicted octanol–water partition coefficient (Wildman–Crippen LogP) is 2.61. The van der Waals surface area contributed by atoms with Gasteiger partial charge >= 0.3 is 0 Å². The fourth-order valence-corrected chi connectivity index (χ4v) is 2.97. The maximum absolute atomic E-state index is 4.28. The zero-order valence-corrected chi connectivity index (χ0v) is 14.4. The Morgan fingerprint density at radius 2 is 2.32 bits per heavy atom. The highest BCUT2D eigenvalue weighted by atomic mass is 32.1. The van der Waals surface area contributed by atoms with Crippen LogP contribution in [0.5, 0.6) is 0 Å². The zero-order valence-electron chi connectivity index (χ0n) is 13.5. The lowest BCUT2D eigenvalue weighted by Gasteiger charge is -2.15. The van der Waals surface area contributed by atoms with Crippen LogP contribution in [0, 0.1) is 6.92 Å². The molecule has 1 atom stereocenters. The van der Waals surface area contributed by atoms with Gasteiger partial charge in [0, 0.05) is 43.7 Å². The van der Waals surface area contributed by atoms with Crippen LogP contribution in [0.4, 0.5) is 0 Å². The number of rotatable bonds is 7. The molecule has 0 aliphatic rings. The molecule has 0 fully saturated rings. The van der Waals surface area contributed by atoms with Gasteiger partial charge in [-0.15, -0.1) is 11.3 Å². The van der Waals surface area contributed by atoms with Crippen LogP contribution >= 0.6 is 11.3 Å². The summed E-state index contributed by atoms with van der Waals surface area (Å²) in [6.45, 7) is 6.97. The van der Waals surface area contributed by atoms with Crippen molar-refractivity contribution in [1.82, 2.24) is 20.4 Å². The van der Waals surface area contributed by atoms with Crippen molar-refractivity contribution < 1.29 is 0 Å². The first-order valence-electron chi connectivity index (χ1n) is 7.66. The van der Waals surface area contributed by atoms with Crippen molar-refractivity contribution in [3.8, 4) is 0 Å². The number of aryl methyl sites for hydroxylation is 2. The average molecular weight is 319 g/mol. The van der Waals surface area contributed by atoms with Crippen LogP contribution in [0.3, 0.4) is 0 Å². The van der Waals surface area contributed by atoms with Crippen LogP contribution in [-0.2, 0) is 6.54 Å². The summed E-state index contributed by atoms with van der Waals surface area (Å²) in [5.74, 6) is 1.35. The first-order valence-corrected chi connectivity index (χ1v) is 8.54. The minimum Gasteiger partial charge on any atom is -0.356 e. The highest BCUT2D eigenvalue weighted by Gasteiger charge is 2.07. The minimum atomic E-state index is 0.491. The van der Waals surface area contributed by atoms with Gasteiger partial charge in [0.2, 0.25) is 0 Å². The number of aromatic nitrogens is 2. The molecule has 0 saturated heterocycles. The van der Waals surface area contributed by atoms with E-state index in [2.05, 4.69) is 58.3 Å². The van der Waals surface area contributed by atoms with Crippen LogP contribution < -0.4 is 10.6 Å². The Labute approximate surface area is 136 Å². The van der Waals surface area contributed by atoms with Gasteiger partial charge in [0.05, 0.1) is 6.20 Å². The van der Waals surface area contributed by atoms with E-state index in [0.717, 1.165) is 32.0 Å². The van der Waals surface area contributed by atoms with E-state index in [4.69, 9.17) is 0 Å². The van der Waals surface area contributed by atoms with Crippen molar-refractivity contribution in [2.75, 3.05) is 20.1 Å². The number of hydrogen-bond acceptors (Lipinski definition) is 3. The smallest absolute Gasteiger partial charge is 0.190 e. The molecule has 0 aromatic carbocycles. The Kier molecular flexibility index (Phi) is 6.45. The molecule has 0 bridgehead atoms. The first kappa shape index (κ1) is 16.5. The summed E-state index contributed by atoms with van der Waals surface area (Å²) in [6.07, 6.45) is 4.97. The van der Waals surface area contributed by atoms with Gasteiger partial charge < -0.3 is 10.6 Å². The van der Waals surface area contributed by atoms with Gasteiger partial charge in [0.25, 0.3) is 0 Å². The standard InChI is InChI=1S/C16H25N5S/c1-13-10-20-21(12-13)8-5-7-18-16(17-3)19-11-14(2)15-6-4-9-22-15/h4,6,9-10,12,14H,5,7-8,11H2,1-3H3,(H2,17,18,19). The SMILES string of the molecule is CN=C(NCCCn1cc(C)cn1)NCC(C)c1cccs1. The molecule has 22 heavy (non-hydrogen) atoms. The third-order valence-electron chi connectivity index (χ3n) is 3.45. The molecule has 2 aromatic rings. The van der Waals surface area contributed by atoms with Crippen LogP contribution in [0.2, 0.25) is 0 Å². The lowest BCUT2D eigenvalue weighted by Crippen LogP contribution is -2.39. The molecule has 0 spiro atoms. The van der Waals surface area contributed by atoms with Crippen LogP contribution in [0.1, 0.15) is 29.7 Å². The number of aliphatic imine (C=N–C) groups is 1. The van der Waals surface area contributed by atoms with Gasteiger partial charge in [-0.25, -0.2) is 0 Å². The highest BCUT2D eigenvalue weighted by Crippen LogP contribution is 2.19. The third kappa shape index (κ3) is 5.18. The average Bonchev–Trinajstić information content (AvgIpc) is 3.18. The van der Waals surface area contributed by atoms with E-state index in [1.54, 1.807) is 11.3 Å². The number of guanidine groups is 1. The quantitative estimate of drug-likeness (QED) is 0.468. The van der Waals surface area contributed by atoms with Crippen molar-refractivity contribution in [3.05, 3.63) is 40.3 Å². The number of hydrogen-bond donors (Lipinski definition) is 2. The van der Waals surface area contributed by atoms with Gasteiger partial charge in [-0.3, -0.25) is 9.67 Å². The molecule has 5 nitrogen and oxygen atoms in total. The maximum Gasteiger partial charge on any atom is 0.190 e. The summed E-state index contributed by atoms with van der Waals surface area (Å²) in [4.78, 5) is 5.67. The van der Waals surface area contributed by atoms with Gasteiger partial charge in [-0.1, -0.05) is 13.0 Å². The van der Waals surface area contributed by atoms with Crippen molar-refractivity contribution >= 4 is 17.3 Å². The molecule has 2 N–H and O–H groups in total. The summed E-state index contributed by atoms with van der Waals surface area (Å²) < 4.78 is 1.98. The van der Waals surface area contributed by atoms with Crippen LogP contribution in [0.25, 0.3) is 0 Å². The molecule has 120 valence electrons. The largest absolute Gasteiger partial charge is 0.356 e. The summed E-state index contributed by atoms with van der Waals surface area (Å²) in [7, 11) is 1.81. The maximum atomic E-state index is 4.28. The van der Waals surface area contributed by atoms with Gasteiger partial charge in [-0.05, 0) is 30.4 Å². The zero-order chi connectivity index (χ0) is 15.8. The van der Waals surface area contributed by atoms with Crippen molar-refractivity contribution in [1.29, 1.82) is 0 Å². The minimum absolute atomic E-state index is 0.491. The van der Waals surface area contributed by atoms with E-state index in [1.807, 2.05) is 17.9 Å². The van der Waals surface area contributed by atoms with E-state index in [0.29, 0.717) is 5.92 Å². The molecular weight excluding hydrogens is 294 g/mol. The number of nitrogens with one attached hydrogen (secondary N) is 2. The second kappa shape index (κ2) is 8.58. The summed E-state index contributed by atoms with van der Waals surface area (Å²) in [5.41, 5.74) is 1.20. The molecule has 0 saturated carbocycles. The molecule has 2 rings (SSSR count). The predicted molar refractivity (Wildman–Crippen MR) is 93.7 cm³/mol. The van der Waals surface area contributed by atoms with E-state index < -0.39 is 0 Å². The van der Waals surface area contributed by atoms with E-state index >= 15 is 0 Å². The van der Waals surface area contributed by atoms with Gasteiger partial charge in [0.1, 0.15) is 0 Å². The summed E-state index contributed by atoms with van der Waals surface area (Å²) in [6, 6.07) is 4.28. The van der Waals surface area contributed by atoms with Gasteiger partial charge in [-0.2, -0.15) is 5.10 Å². The van der Waals surface area contributed by atoms with Crippen LogP contribution in [0.15, 0.2) is 34.9 Å². The topological polar surface area (TPSA) is 54.2 Å². The van der Waals surface area contributed by atoms with Crippen molar-refractivity contribution in [3.63, 3.8) is 0 Å². The Balaban J connectivity index is 1.65. The van der Waals surface area contributed by atoms with E-state index in [1.165, 1.54) is 10.4 Å². The Morgan fingerprint density at radius 3 is 2.95 bits per heavy atom. The fraction of sp³-hybridized carbons (Fsp3) is 0.500. The van der Waals surface area contributed by atoms with E-state index in [9.17, 15) is 0 Å². The molecule has 0 aliphatic carbocycles. The molecule has 2 heterocycles. The number of nitrogens with zero attached hydrogens (tertiary/aromatic N) is 3. The van der Waals surface area contributed by atoms with E-state index in [-0.39, 0.29) is 0 Å². The molecule has 6 heteroatoms. The Bertz CT molecular complexity index is 573. The second-order valence-corrected chi connectivity index (χ2v) is 6.41. The lowest BCUT2D eigenvalue weighted by atomic mass is 10.1. The lowest BCUT2D eigenvalue weighted by molar-refractivity contribution is 0.569. The fourth-order valence-electron chi connectivity index (χ4n) is 2.18. The Hall–Kier alpha value is -1.82. The van der Waals surface area contributed by atoms with Crippen LogP contribution in [-0.4, -0.2) is 35.9 Å². The van der Waals surface area contributed by atoms with Crippen molar-refractivity contribution in [2.24, 2.45) is 4.99 Å². The monoisotopic (exact) mass is 319 g/mol. The molecular formula is C16H25N5S. The first-order chi connectivity index (χ1) is 10.7. The molecule has 1 unspecified atom stereocenters. The molecule has 0 amide bonds. The molecule has 2 aromatic heterocycles. The Morgan fingerprint density at radius 1 is 1.45 bits per heavy atom. The molecule has 0 aliphatic heterocycles. The highest BCUT2D eigenvalue weighted by molar-refractivity contribution is 7.10. The summed E-state index contributed by atoms with van der Waals surface area (Å²) in [5, 5.41) is 13.1. The van der Waals surface area contributed by atoms with Crippen molar-refractivity contribution in [2.45, 2.75) is 32.7 Å². The normalized spacial score (nSPS) is 13.1. The summed E-state index contributed by atoms with van der Waals surface area (Å²) >= 11 is 1.80. The third-order valence-corrected chi connectivity index (χ3v) is 4.55.